The molecule has 2 rings (SSSR count). The molecule has 20 heavy (non-hydrogen) atoms. The lowest BCUT2D eigenvalue weighted by Crippen LogP contribution is -2.19. The smallest absolute Gasteiger partial charge is 0.282 e. The number of hydrogen-bond donors (Lipinski definition) is 3. The maximum Gasteiger partial charge on any atom is 0.282 e. The summed E-state index contributed by atoms with van der Waals surface area (Å²) in [6, 6.07) is 6.61. The number of hydrazine groups is 1. The second-order valence-electron chi connectivity index (χ2n) is 4.28. The van der Waals surface area contributed by atoms with Gasteiger partial charge in [0.05, 0.1) is 5.69 Å². The van der Waals surface area contributed by atoms with Gasteiger partial charge in [-0.15, -0.1) is 0 Å². The van der Waals surface area contributed by atoms with Gasteiger partial charge in [0.1, 0.15) is 5.82 Å². The Morgan fingerprint density at radius 2 is 2.00 bits per heavy atom. The Labute approximate surface area is 117 Å². The highest BCUT2D eigenvalue weighted by atomic mass is 32.2. The van der Waals surface area contributed by atoms with Gasteiger partial charge in [0, 0.05) is 11.9 Å². The number of nitrogens with zero attached hydrogens (tertiary/aromatic N) is 2. The van der Waals surface area contributed by atoms with Crippen molar-refractivity contribution in [2.45, 2.75) is 18.9 Å². The van der Waals surface area contributed by atoms with Crippen molar-refractivity contribution in [1.29, 1.82) is 0 Å². The third kappa shape index (κ3) is 3.03. The molecular formula is C12H15N5O2S. The summed E-state index contributed by atoms with van der Waals surface area (Å²) in [6.45, 7) is 3.65. The summed E-state index contributed by atoms with van der Waals surface area (Å²) >= 11 is 0. The van der Waals surface area contributed by atoms with Crippen LogP contribution in [0.15, 0.2) is 35.5 Å². The number of aromatic nitrogens is 2. The summed E-state index contributed by atoms with van der Waals surface area (Å²) < 4.78 is 27.0. The molecule has 0 atom stereocenters. The van der Waals surface area contributed by atoms with E-state index in [4.69, 9.17) is 5.84 Å². The fraction of sp³-hybridized carbons (Fsp3) is 0.167. The molecule has 106 valence electrons. The van der Waals surface area contributed by atoms with Crippen molar-refractivity contribution in [1.82, 2.24) is 9.97 Å². The fourth-order valence-corrected chi connectivity index (χ4v) is 2.89. The molecular weight excluding hydrogens is 278 g/mol. The average molecular weight is 293 g/mol. The molecule has 0 fully saturated rings. The van der Waals surface area contributed by atoms with E-state index in [1.54, 1.807) is 19.1 Å². The number of aryl methyl sites for hydroxylation is 2. The van der Waals surface area contributed by atoms with Gasteiger partial charge in [-0.25, -0.2) is 9.97 Å². The van der Waals surface area contributed by atoms with Gasteiger partial charge in [-0.05, 0) is 43.7 Å². The zero-order chi connectivity index (χ0) is 14.8. The molecule has 0 aliphatic rings. The normalized spacial score (nSPS) is 11.2. The summed E-state index contributed by atoms with van der Waals surface area (Å²) in [5, 5.41) is -0.177. The van der Waals surface area contributed by atoms with E-state index in [1.807, 2.05) is 13.0 Å². The van der Waals surface area contributed by atoms with E-state index in [0.29, 0.717) is 0 Å². The molecule has 0 saturated carbocycles. The van der Waals surface area contributed by atoms with E-state index in [-0.39, 0.29) is 16.5 Å². The van der Waals surface area contributed by atoms with Crippen LogP contribution in [0, 0.1) is 13.8 Å². The summed E-state index contributed by atoms with van der Waals surface area (Å²) in [6.07, 6.45) is 1.38. The van der Waals surface area contributed by atoms with E-state index in [1.165, 1.54) is 12.3 Å². The number of sulfonamides is 1. The first-order chi connectivity index (χ1) is 9.42. The van der Waals surface area contributed by atoms with Crippen LogP contribution in [-0.2, 0) is 10.0 Å². The van der Waals surface area contributed by atoms with Gasteiger partial charge >= 0.3 is 0 Å². The number of pyridine rings is 2. The van der Waals surface area contributed by atoms with Crippen LogP contribution in [0.25, 0.3) is 0 Å². The van der Waals surface area contributed by atoms with Gasteiger partial charge in [-0.1, -0.05) is 0 Å². The standard InChI is InChI=1S/C12H15N5O2S/c1-8-6-9(2)15-11(7-8)17-20(18,19)12-10(16-13)4-3-5-14-12/h3-7,16H,13H2,1-2H3,(H,15,17). The van der Waals surface area contributed by atoms with Crippen molar-refractivity contribution in [3.8, 4) is 0 Å². The van der Waals surface area contributed by atoms with Crippen LogP contribution < -0.4 is 16.0 Å². The first-order valence-electron chi connectivity index (χ1n) is 5.82. The van der Waals surface area contributed by atoms with Crippen LogP contribution in [0.3, 0.4) is 0 Å². The molecule has 7 nitrogen and oxygen atoms in total. The maximum atomic E-state index is 12.3. The van der Waals surface area contributed by atoms with Crippen molar-refractivity contribution < 1.29 is 8.42 Å². The SMILES string of the molecule is Cc1cc(C)nc(NS(=O)(=O)c2ncccc2NN)c1. The lowest BCUT2D eigenvalue weighted by Gasteiger charge is -2.11. The summed E-state index contributed by atoms with van der Waals surface area (Å²) in [5.41, 5.74) is 4.15. The largest absolute Gasteiger partial charge is 0.321 e. The highest BCUT2D eigenvalue weighted by Gasteiger charge is 2.20. The lowest BCUT2D eigenvalue weighted by molar-refractivity contribution is 0.597. The van der Waals surface area contributed by atoms with Gasteiger partial charge in [0.15, 0.2) is 0 Å². The van der Waals surface area contributed by atoms with Crippen LogP contribution in [0.5, 0.6) is 0 Å². The Morgan fingerprint density at radius 3 is 2.65 bits per heavy atom. The second-order valence-corrected chi connectivity index (χ2v) is 5.87. The summed E-state index contributed by atoms with van der Waals surface area (Å²) in [5.74, 6) is 5.54. The van der Waals surface area contributed by atoms with Crippen molar-refractivity contribution >= 4 is 21.5 Å². The zero-order valence-electron chi connectivity index (χ0n) is 11.1. The summed E-state index contributed by atoms with van der Waals surface area (Å²) in [4.78, 5) is 7.97. The molecule has 0 unspecified atom stereocenters. The van der Waals surface area contributed by atoms with E-state index in [0.717, 1.165) is 11.3 Å². The molecule has 0 aliphatic carbocycles. The molecule has 0 aliphatic heterocycles. The minimum absolute atomic E-state index is 0.177. The minimum Gasteiger partial charge on any atom is -0.321 e. The lowest BCUT2D eigenvalue weighted by atomic mass is 10.2. The predicted molar refractivity (Wildman–Crippen MR) is 76.6 cm³/mol. The highest BCUT2D eigenvalue weighted by molar-refractivity contribution is 7.92. The van der Waals surface area contributed by atoms with E-state index >= 15 is 0 Å². The zero-order valence-corrected chi connectivity index (χ0v) is 11.9. The molecule has 8 heteroatoms. The molecule has 0 spiro atoms. The minimum atomic E-state index is -3.86. The van der Waals surface area contributed by atoms with E-state index in [2.05, 4.69) is 20.1 Å². The average Bonchev–Trinajstić information content (AvgIpc) is 2.36. The van der Waals surface area contributed by atoms with Crippen LogP contribution in [0.1, 0.15) is 11.3 Å². The number of hydrogen-bond acceptors (Lipinski definition) is 6. The van der Waals surface area contributed by atoms with Gasteiger partial charge in [-0.3, -0.25) is 10.6 Å². The van der Waals surface area contributed by atoms with Gasteiger partial charge in [0.25, 0.3) is 10.0 Å². The highest BCUT2D eigenvalue weighted by Crippen LogP contribution is 2.20. The number of nitrogen functional groups attached to an aromatic ring is 1. The van der Waals surface area contributed by atoms with Crippen LogP contribution in [0.2, 0.25) is 0 Å². The predicted octanol–water partition coefficient (Wildman–Crippen LogP) is 1.18. The van der Waals surface area contributed by atoms with Gasteiger partial charge in [0.2, 0.25) is 5.03 Å². The Kier molecular flexibility index (Phi) is 3.86. The number of nitrogens with two attached hydrogens (primary N) is 1. The molecule has 2 aromatic rings. The van der Waals surface area contributed by atoms with E-state index < -0.39 is 10.0 Å². The topological polar surface area (TPSA) is 110 Å². The monoisotopic (exact) mass is 293 g/mol. The van der Waals surface area contributed by atoms with Crippen LogP contribution in [0.4, 0.5) is 11.5 Å². The molecule has 0 radical (unpaired) electrons. The molecule has 4 N–H and O–H groups in total. The number of nitrogens with one attached hydrogen (secondary N) is 2. The molecule has 0 aromatic carbocycles. The Balaban J connectivity index is 2.41. The number of rotatable bonds is 4. The van der Waals surface area contributed by atoms with Gasteiger partial charge < -0.3 is 5.43 Å². The first-order valence-corrected chi connectivity index (χ1v) is 7.30. The Hall–Kier alpha value is -2.19. The Bertz CT molecular complexity index is 710. The third-order valence-electron chi connectivity index (χ3n) is 2.52. The Morgan fingerprint density at radius 1 is 1.25 bits per heavy atom. The maximum absolute atomic E-state index is 12.3. The van der Waals surface area contributed by atoms with Crippen molar-refractivity contribution in [3.63, 3.8) is 0 Å². The molecule has 0 bridgehead atoms. The van der Waals surface area contributed by atoms with Crippen LogP contribution >= 0.6 is 0 Å². The fourth-order valence-electron chi connectivity index (χ4n) is 1.79. The quantitative estimate of drug-likeness (QED) is 0.577. The van der Waals surface area contributed by atoms with Gasteiger partial charge in [-0.2, -0.15) is 8.42 Å². The van der Waals surface area contributed by atoms with E-state index in [9.17, 15) is 8.42 Å². The van der Waals surface area contributed by atoms with Crippen molar-refractivity contribution in [2.24, 2.45) is 5.84 Å². The first kappa shape index (κ1) is 14.2. The van der Waals surface area contributed by atoms with Crippen LogP contribution in [-0.4, -0.2) is 18.4 Å². The third-order valence-corrected chi connectivity index (χ3v) is 3.83. The molecule has 0 amide bonds. The molecule has 0 saturated heterocycles. The van der Waals surface area contributed by atoms with Crippen molar-refractivity contribution in [3.05, 3.63) is 41.7 Å². The summed E-state index contributed by atoms with van der Waals surface area (Å²) in [7, 11) is -3.86. The van der Waals surface area contributed by atoms with Crippen molar-refractivity contribution in [2.75, 3.05) is 10.1 Å². The second kappa shape index (κ2) is 5.43. The molecule has 2 aromatic heterocycles. The number of anilines is 2. The molecule has 2 heterocycles.